The van der Waals surface area contributed by atoms with E-state index in [0.29, 0.717) is 0 Å². The number of nitrogens with zero attached hydrogens (tertiary/aromatic N) is 3. The number of amides is 1. The Morgan fingerprint density at radius 2 is 2.37 bits per heavy atom. The third-order valence-electron chi connectivity index (χ3n) is 3.67. The van der Waals surface area contributed by atoms with Crippen molar-refractivity contribution >= 4 is 27.5 Å². The van der Waals surface area contributed by atoms with Crippen molar-refractivity contribution < 1.29 is 4.79 Å². The monoisotopic (exact) mass is 278 g/mol. The number of thiophene rings is 1. The molecule has 5 nitrogen and oxygen atoms in total. The first-order chi connectivity index (χ1) is 9.08. The zero-order valence-electron chi connectivity index (χ0n) is 11.4. The van der Waals surface area contributed by atoms with E-state index in [1.54, 1.807) is 0 Å². The lowest BCUT2D eigenvalue weighted by molar-refractivity contribution is 0.0661. The molecule has 0 unspecified atom stereocenters. The Morgan fingerprint density at radius 1 is 1.58 bits per heavy atom. The van der Waals surface area contributed by atoms with E-state index in [0.717, 1.165) is 40.4 Å². The van der Waals surface area contributed by atoms with E-state index in [1.165, 1.54) is 11.3 Å². The summed E-state index contributed by atoms with van der Waals surface area (Å²) >= 11 is 1.54. The van der Waals surface area contributed by atoms with Crippen LogP contribution in [0.15, 0.2) is 6.07 Å². The molecule has 2 aromatic heterocycles. The molecule has 0 aromatic carbocycles. The molecule has 0 radical (unpaired) electrons. The lowest BCUT2D eigenvalue weighted by atomic mass is 10.2. The molecule has 6 heteroatoms. The standard InChI is InChI=1S/C13H18N4OS/c1-8-7-14-4-5-17(8)12(18)11-6-10-9(2)15-16(3)13(10)19-11/h6,8,14H,4-5,7H2,1-3H3/t8-/m1/s1. The third-order valence-corrected chi connectivity index (χ3v) is 4.86. The van der Waals surface area contributed by atoms with Gasteiger partial charge in [0.1, 0.15) is 4.83 Å². The first-order valence-corrected chi connectivity index (χ1v) is 7.34. The summed E-state index contributed by atoms with van der Waals surface area (Å²) in [7, 11) is 1.92. The van der Waals surface area contributed by atoms with Gasteiger partial charge >= 0.3 is 0 Å². The number of piperazine rings is 1. The highest BCUT2D eigenvalue weighted by molar-refractivity contribution is 7.20. The van der Waals surface area contributed by atoms with Gasteiger partial charge in [-0.3, -0.25) is 9.48 Å². The molecular weight excluding hydrogens is 260 g/mol. The lowest BCUT2D eigenvalue weighted by Crippen LogP contribution is -2.52. The number of fused-ring (bicyclic) bond motifs is 1. The molecule has 0 bridgehead atoms. The molecule has 0 spiro atoms. The van der Waals surface area contributed by atoms with Crippen LogP contribution in [0.5, 0.6) is 0 Å². The van der Waals surface area contributed by atoms with E-state index in [1.807, 2.05) is 29.6 Å². The molecule has 1 fully saturated rings. The van der Waals surface area contributed by atoms with Crippen LogP contribution in [-0.2, 0) is 7.05 Å². The molecule has 3 heterocycles. The van der Waals surface area contributed by atoms with Gasteiger partial charge in [-0.1, -0.05) is 0 Å². The van der Waals surface area contributed by atoms with E-state index in [4.69, 9.17) is 0 Å². The first kappa shape index (κ1) is 12.6. The van der Waals surface area contributed by atoms with Gasteiger partial charge in [0, 0.05) is 38.1 Å². The second-order valence-corrected chi connectivity index (χ2v) is 6.12. The smallest absolute Gasteiger partial charge is 0.264 e. The summed E-state index contributed by atoms with van der Waals surface area (Å²) in [4.78, 5) is 16.4. The van der Waals surface area contributed by atoms with Crippen molar-refractivity contribution in [3.8, 4) is 0 Å². The number of aromatic nitrogens is 2. The van der Waals surface area contributed by atoms with Crippen molar-refractivity contribution in [2.75, 3.05) is 19.6 Å². The van der Waals surface area contributed by atoms with E-state index in [9.17, 15) is 4.79 Å². The van der Waals surface area contributed by atoms with Gasteiger partial charge in [-0.2, -0.15) is 5.10 Å². The topological polar surface area (TPSA) is 50.2 Å². The van der Waals surface area contributed by atoms with Crippen LogP contribution >= 0.6 is 11.3 Å². The van der Waals surface area contributed by atoms with Crippen LogP contribution in [0.4, 0.5) is 0 Å². The maximum absolute atomic E-state index is 12.6. The molecule has 0 aliphatic carbocycles. The minimum absolute atomic E-state index is 0.148. The molecule has 1 aliphatic heterocycles. The summed E-state index contributed by atoms with van der Waals surface area (Å²) in [6, 6.07) is 2.24. The molecule has 1 amide bonds. The average molecular weight is 278 g/mol. The lowest BCUT2D eigenvalue weighted by Gasteiger charge is -2.33. The molecule has 1 N–H and O–H groups in total. The Labute approximate surface area is 116 Å². The fourth-order valence-electron chi connectivity index (χ4n) is 2.59. The summed E-state index contributed by atoms with van der Waals surface area (Å²) in [6.07, 6.45) is 0. The first-order valence-electron chi connectivity index (χ1n) is 6.52. The number of rotatable bonds is 1. The molecule has 0 saturated carbocycles. The maximum atomic E-state index is 12.6. The van der Waals surface area contributed by atoms with E-state index < -0.39 is 0 Å². The van der Waals surface area contributed by atoms with E-state index in [2.05, 4.69) is 17.3 Å². The average Bonchev–Trinajstić information content (AvgIpc) is 2.92. The Bertz CT molecular complexity index is 595. The Hall–Kier alpha value is -1.40. The number of hydrogen-bond donors (Lipinski definition) is 1. The minimum Gasteiger partial charge on any atom is -0.333 e. The fraction of sp³-hybridized carbons (Fsp3) is 0.538. The summed E-state index contributed by atoms with van der Waals surface area (Å²) < 4.78 is 1.85. The van der Waals surface area contributed by atoms with Crippen molar-refractivity contribution in [1.82, 2.24) is 20.0 Å². The Kier molecular flexibility index (Phi) is 3.06. The summed E-state index contributed by atoms with van der Waals surface area (Å²) in [5.74, 6) is 0.148. The molecule has 1 atom stereocenters. The van der Waals surface area contributed by atoms with Crippen molar-refractivity contribution in [2.24, 2.45) is 7.05 Å². The van der Waals surface area contributed by atoms with Gasteiger partial charge in [-0.15, -0.1) is 11.3 Å². The predicted octanol–water partition coefficient (Wildman–Crippen LogP) is 1.38. The number of hydrogen-bond acceptors (Lipinski definition) is 4. The van der Waals surface area contributed by atoms with Gasteiger partial charge < -0.3 is 10.2 Å². The van der Waals surface area contributed by atoms with Crippen molar-refractivity contribution in [3.05, 3.63) is 16.6 Å². The molecule has 102 valence electrons. The van der Waals surface area contributed by atoms with Crippen LogP contribution in [0, 0.1) is 6.92 Å². The number of nitrogens with one attached hydrogen (secondary N) is 1. The summed E-state index contributed by atoms with van der Waals surface area (Å²) in [5.41, 5.74) is 0.987. The SMILES string of the molecule is Cc1nn(C)c2sc(C(=O)N3CCNC[C@H]3C)cc12. The van der Waals surface area contributed by atoms with Gasteiger partial charge in [-0.25, -0.2) is 0 Å². The fourth-order valence-corrected chi connectivity index (χ4v) is 3.67. The normalized spacial score (nSPS) is 20.2. The largest absolute Gasteiger partial charge is 0.333 e. The number of carbonyl (C=O) groups excluding carboxylic acids is 1. The van der Waals surface area contributed by atoms with Crippen LogP contribution in [0.25, 0.3) is 10.2 Å². The predicted molar refractivity (Wildman–Crippen MR) is 76.7 cm³/mol. The molecular formula is C13H18N4OS. The van der Waals surface area contributed by atoms with Crippen LogP contribution in [0.2, 0.25) is 0 Å². The molecule has 19 heavy (non-hydrogen) atoms. The summed E-state index contributed by atoms with van der Waals surface area (Å²) in [6.45, 7) is 6.60. The van der Waals surface area contributed by atoms with Crippen LogP contribution in [0.1, 0.15) is 22.3 Å². The van der Waals surface area contributed by atoms with Crippen LogP contribution < -0.4 is 5.32 Å². The zero-order valence-corrected chi connectivity index (χ0v) is 12.3. The minimum atomic E-state index is 0.148. The molecule has 3 rings (SSSR count). The van der Waals surface area contributed by atoms with Gasteiger partial charge in [0.2, 0.25) is 0 Å². The van der Waals surface area contributed by atoms with Crippen molar-refractivity contribution in [2.45, 2.75) is 19.9 Å². The number of carbonyl (C=O) groups is 1. The molecule has 2 aromatic rings. The molecule has 1 aliphatic rings. The third kappa shape index (κ3) is 2.04. The van der Waals surface area contributed by atoms with E-state index in [-0.39, 0.29) is 11.9 Å². The van der Waals surface area contributed by atoms with Crippen molar-refractivity contribution in [3.63, 3.8) is 0 Å². The summed E-state index contributed by atoms with van der Waals surface area (Å²) in [5, 5.41) is 8.77. The highest BCUT2D eigenvalue weighted by Crippen LogP contribution is 2.29. The van der Waals surface area contributed by atoms with Gasteiger partial charge in [0.25, 0.3) is 5.91 Å². The maximum Gasteiger partial charge on any atom is 0.264 e. The van der Waals surface area contributed by atoms with Gasteiger partial charge in [-0.05, 0) is 19.9 Å². The van der Waals surface area contributed by atoms with Crippen molar-refractivity contribution in [1.29, 1.82) is 0 Å². The molecule has 1 saturated heterocycles. The second-order valence-electron chi connectivity index (χ2n) is 5.09. The zero-order chi connectivity index (χ0) is 13.6. The van der Waals surface area contributed by atoms with Gasteiger partial charge in [0.05, 0.1) is 10.6 Å². The Morgan fingerprint density at radius 3 is 3.05 bits per heavy atom. The van der Waals surface area contributed by atoms with Crippen LogP contribution in [0.3, 0.4) is 0 Å². The number of aryl methyl sites for hydroxylation is 2. The highest BCUT2D eigenvalue weighted by atomic mass is 32.1. The highest BCUT2D eigenvalue weighted by Gasteiger charge is 2.26. The van der Waals surface area contributed by atoms with Crippen LogP contribution in [-0.4, -0.2) is 46.3 Å². The van der Waals surface area contributed by atoms with Gasteiger partial charge in [0.15, 0.2) is 0 Å². The quantitative estimate of drug-likeness (QED) is 0.857. The Balaban J connectivity index is 1.95. The second kappa shape index (κ2) is 4.61. The van der Waals surface area contributed by atoms with E-state index >= 15 is 0 Å².